The molecule has 1 heterocycles. The van der Waals surface area contributed by atoms with Crippen LogP contribution in [0.4, 0.5) is 11.4 Å². The van der Waals surface area contributed by atoms with Crippen molar-refractivity contribution in [3.8, 4) is 0 Å². The average Bonchev–Trinajstić information content (AvgIpc) is 3.21. The van der Waals surface area contributed by atoms with Crippen molar-refractivity contribution in [1.82, 2.24) is 0 Å². The number of amides is 2. The molecule has 1 fully saturated rings. The number of aryl methyl sites for hydroxylation is 2. The van der Waals surface area contributed by atoms with Crippen LogP contribution in [0.2, 0.25) is 0 Å². The summed E-state index contributed by atoms with van der Waals surface area (Å²) in [5.74, 6) is -2.34. The number of esters is 2. The van der Waals surface area contributed by atoms with Crippen LogP contribution in [0.1, 0.15) is 47.7 Å². The second kappa shape index (κ2) is 11.4. The van der Waals surface area contributed by atoms with Crippen LogP contribution in [0.5, 0.6) is 0 Å². The summed E-state index contributed by atoms with van der Waals surface area (Å²) in [7, 11) is 0. The number of carbonyl (C=O) groups excluding carboxylic acids is 4. The van der Waals surface area contributed by atoms with Gasteiger partial charge in [0.2, 0.25) is 5.91 Å². The van der Waals surface area contributed by atoms with Crippen molar-refractivity contribution in [2.24, 2.45) is 5.92 Å². The van der Waals surface area contributed by atoms with Crippen molar-refractivity contribution >= 4 is 35.1 Å². The van der Waals surface area contributed by atoms with Gasteiger partial charge < -0.3 is 19.7 Å². The summed E-state index contributed by atoms with van der Waals surface area (Å²) < 4.78 is 10.3. The fourth-order valence-electron chi connectivity index (χ4n) is 3.56. The number of benzene rings is 2. The number of nitrogens with zero attached hydrogens (tertiary/aromatic N) is 1. The number of rotatable bonds is 9. The van der Waals surface area contributed by atoms with Crippen molar-refractivity contribution in [2.45, 2.75) is 40.0 Å². The van der Waals surface area contributed by atoms with Crippen LogP contribution in [0.15, 0.2) is 42.5 Å². The van der Waals surface area contributed by atoms with Crippen LogP contribution in [0.25, 0.3) is 0 Å². The predicted octanol–water partition coefficient (Wildman–Crippen LogP) is 3.80. The summed E-state index contributed by atoms with van der Waals surface area (Å²) in [6.07, 6.45) is 1.74. The van der Waals surface area contributed by atoms with E-state index in [4.69, 9.17) is 9.47 Å². The molecule has 1 saturated heterocycles. The molecule has 0 aliphatic carbocycles. The van der Waals surface area contributed by atoms with Crippen LogP contribution in [-0.2, 0) is 23.9 Å². The summed E-state index contributed by atoms with van der Waals surface area (Å²) in [5, 5.41) is 2.70. The first-order valence-corrected chi connectivity index (χ1v) is 11.4. The Morgan fingerprint density at radius 3 is 2.44 bits per heavy atom. The summed E-state index contributed by atoms with van der Waals surface area (Å²) in [6.45, 7) is 6.03. The second-order valence-electron chi connectivity index (χ2n) is 8.40. The largest absolute Gasteiger partial charge is 0.462 e. The zero-order chi connectivity index (χ0) is 24.7. The normalized spacial score (nSPS) is 15.2. The Morgan fingerprint density at radius 1 is 1.03 bits per heavy atom. The van der Waals surface area contributed by atoms with E-state index in [1.165, 1.54) is 4.90 Å². The van der Waals surface area contributed by atoms with E-state index in [1.807, 2.05) is 32.9 Å². The summed E-state index contributed by atoms with van der Waals surface area (Å²) in [5.41, 5.74) is 3.77. The minimum absolute atomic E-state index is 0.00157. The molecular weight excluding hydrogens is 436 g/mol. The molecule has 1 aliphatic rings. The minimum atomic E-state index is -0.666. The average molecular weight is 467 g/mol. The molecule has 3 rings (SSSR count). The van der Waals surface area contributed by atoms with Gasteiger partial charge in [-0.25, -0.2) is 4.79 Å². The number of carbonyl (C=O) groups is 4. The first-order chi connectivity index (χ1) is 16.3. The highest BCUT2D eigenvalue weighted by molar-refractivity contribution is 6.00. The number of ether oxygens (including phenoxy) is 2. The first kappa shape index (κ1) is 25.0. The van der Waals surface area contributed by atoms with Gasteiger partial charge in [-0.3, -0.25) is 14.4 Å². The lowest BCUT2D eigenvalue weighted by Gasteiger charge is -2.17. The maximum atomic E-state index is 12.5. The SMILES string of the molecule is CCCCOC(=O)c1ccc(N2C[C@@H](C(=O)OCC(=O)Nc3ccc(C)c(C)c3)CC2=O)cc1. The Morgan fingerprint density at radius 2 is 1.76 bits per heavy atom. The van der Waals surface area contributed by atoms with Gasteiger partial charge >= 0.3 is 11.9 Å². The van der Waals surface area contributed by atoms with Crippen LogP contribution in [0, 0.1) is 19.8 Å². The molecular formula is C26H30N2O6. The van der Waals surface area contributed by atoms with Gasteiger partial charge in [-0.05, 0) is 67.8 Å². The van der Waals surface area contributed by atoms with E-state index < -0.39 is 30.4 Å². The summed E-state index contributed by atoms with van der Waals surface area (Å²) in [6, 6.07) is 12.0. The quantitative estimate of drug-likeness (QED) is 0.446. The first-order valence-electron chi connectivity index (χ1n) is 11.4. The number of nitrogens with one attached hydrogen (secondary N) is 1. The fourth-order valence-corrected chi connectivity index (χ4v) is 3.56. The van der Waals surface area contributed by atoms with Gasteiger partial charge in [0.05, 0.1) is 18.1 Å². The molecule has 2 amide bonds. The third kappa shape index (κ3) is 6.43. The summed E-state index contributed by atoms with van der Waals surface area (Å²) in [4.78, 5) is 50.6. The molecule has 0 unspecified atom stereocenters. The van der Waals surface area contributed by atoms with Gasteiger partial charge in [0.25, 0.3) is 5.91 Å². The molecule has 1 aliphatic heterocycles. The maximum absolute atomic E-state index is 12.5. The highest BCUT2D eigenvalue weighted by Gasteiger charge is 2.36. The van der Waals surface area contributed by atoms with E-state index in [0.717, 1.165) is 24.0 Å². The van der Waals surface area contributed by atoms with Gasteiger partial charge in [0.1, 0.15) is 0 Å². The molecule has 1 atom stereocenters. The highest BCUT2D eigenvalue weighted by atomic mass is 16.5. The maximum Gasteiger partial charge on any atom is 0.338 e. The number of hydrogen-bond donors (Lipinski definition) is 1. The molecule has 0 saturated carbocycles. The lowest BCUT2D eigenvalue weighted by Crippen LogP contribution is -2.28. The zero-order valence-electron chi connectivity index (χ0n) is 19.8. The van der Waals surface area contributed by atoms with E-state index in [0.29, 0.717) is 23.5 Å². The predicted molar refractivity (Wildman–Crippen MR) is 128 cm³/mol. The molecule has 1 N–H and O–H groups in total. The third-order valence-electron chi connectivity index (χ3n) is 5.74. The molecule has 34 heavy (non-hydrogen) atoms. The second-order valence-corrected chi connectivity index (χ2v) is 8.40. The van der Waals surface area contributed by atoms with Crippen molar-refractivity contribution in [3.63, 3.8) is 0 Å². The standard InChI is InChI=1S/C26H30N2O6/c1-4-5-12-33-25(31)19-7-10-22(11-8-19)28-15-20(14-24(28)30)26(32)34-16-23(29)27-21-9-6-17(2)18(3)13-21/h6-11,13,20H,4-5,12,14-16H2,1-3H3,(H,27,29)/t20-/m0/s1. The Labute approximate surface area is 199 Å². The Hall–Kier alpha value is -3.68. The third-order valence-corrected chi connectivity index (χ3v) is 5.74. The van der Waals surface area contributed by atoms with Gasteiger partial charge in [-0.2, -0.15) is 0 Å². The van der Waals surface area contributed by atoms with Crippen molar-refractivity contribution < 1.29 is 28.7 Å². The van der Waals surface area contributed by atoms with Gasteiger partial charge in [0, 0.05) is 24.3 Å². The number of hydrogen-bond acceptors (Lipinski definition) is 6. The van der Waals surface area contributed by atoms with E-state index in [9.17, 15) is 19.2 Å². The Balaban J connectivity index is 1.50. The molecule has 0 spiro atoms. The molecule has 0 bridgehead atoms. The Kier molecular flexibility index (Phi) is 8.40. The van der Waals surface area contributed by atoms with Crippen molar-refractivity contribution in [3.05, 3.63) is 59.2 Å². The van der Waals surface area contributed by atoms with Crippen molar-refractivity contribution in [1.29, 1.82) is 0 Å². The smallest absolute Gasteiger partial charge is 0.338 e. The topological polar surface area (TPSA) is 102 Å². The molecule has 8 nitrogen and oxygen atoms in total. The highest BCUT2D eigenvalue weighted by Crippen LogP contribution is 2.26. The van der Waals surface area contributed by atoms with E-state index in [1.54, 1.807) is 30.3 Å². The molecule has 2 aromatic carbocycles. The molecule has 8 heteroatoms. The minimum Gasteiger partial charge on any atom is -0.462 e. The summed E-state index contributed by atoms with van der Waals surface area (Å²) >= 11 is 0. The van der Waals surface area contributed by atoms with Crippen LogP contribution < -0.4 is 10.2 Å². The monoisotopic (exact) mass is 466 g/mol. The zero-order valence-corrected chi connectivity index (χ0v) is 19.8. The van der Waals surface area contributed by atoms with Gasteiger partial charge in [-0.15, -0.1) is 0 Å². The lowest BCUT2D eigenvalue weighted by molar-refractivity contribution is -0.151. The van der Waals surface area contributed by atoms with E-state index >= 15 is 0 Å². The Bertz CT molecular complexity index is 1060. The molecule has 0 aromatic heterocycles. The molecule has 2 aromatic rings. The van der Waals surface area contributed by atoms with Gasteiger partial charge in [0.15, 0.2) is 6.61 Å². The van der Waals surface area contributed by atoms with E-state index in [-0.39, 0.29) is 18.9 Å². The van der Waals surface area contributed by atoms with Crippen molar-refractivity contribution in [2.75, 3.05) is 30.0 Å². The van der Waals surface area contributed by atoms with Crippen LogP contribution >= 0.6 is 0 Å². The number of unbranched alkanes of at least 4 members (excludes halogenated alkanes) is 1. The number of anilines is 2. The lowest BCUT2D eigenvalue weighted by atomic mass is 10.1. The molecule has 0 radical (unpaired) electrons. The van der Waals surface area contributed by atoms with E-state index in [2.05, 4.69) is 5.32 Å². The van der Waals surface area contributed by atoms with Crippen LogP contribution in [0.3, 0.4) is 0 Å². The fraction of sp³-hybridized carbons (Fsp3) is 0.385. The van der Waals surface area contributed by atoms with Crippen LogP contribution in [-0.4, -0.2) is 43.5 Å². The van der Waals surface area contributed by atoms with Gasteiger partial charge in [-0.1, -0.05) is 19.4 Å². The molecule has 180 valence electrons.